The van der Waals surface area contributed by atoms with Crippen LogP contribution in [0.5, 0.6) is 5.75 Å². The summed E-state index contributed by atoms with van der Waals surface area (Å²) < 4.78 is 5.53. The molecule has 2 nitrogen and oxygen atoms in total. The molecule has 1 aliphatic carbocycles. The van der Waals surface area contributed by atoms with Gasteiger partial charge in [0.1, 0.15) is 5.75 Å². The van der Waals surface area contributed by atoms with Crippen LogP contribution in [0, 0.1) is 5.92 Å². The van der Waals surface area contributed by atoms with Crippen LogP contribution in [0.1, 0.15) is 37.8 Å². The largest absolute Gasteiger partial charge is 0.493 e. The number of rotatable bonds is 4. The predicted molar refractivity (Wildman–Crippen MR) is 69.3 cm³/mol. The first-order valence-corrected chi connectivity index (χ1v) is 6.65. The summed E-state index contributed by atoms with van der Waals surface area (Å²) in [5.41, 5.74) is 3.03. The Balaban J connectivity index is 1.65. The quantitative estimate of drug-likeness (QED) is 0.860. The molecule has 0 saturated heterocycles. The van der Waals surface area contributed by atoms with Gasteiger partial charge >= 0.3 is 0 Å². The lowest BCUT2D eigenvalue weighted by atomic mass is 9.98. The second-order valence-corrected chi connectivity index (χ2v) is 5.89. The predicted octanol–water partition coefficient (Wildman–Crippen LogP) is 2.90. The lowest BCUT2D eigenvalue weighted by Gasteiger charge is -2.26. The van der Waals surface area contributed by atoms with Crippen LogP contribution < -0.4 is 10.1 Å². The number of fused-ring (bicyclic) bond motifs is 1. The van der Waals surface area contributed by atoms with Crippen LogP contribution in [-0.2, 0) is 13.0 Å². The zero-order chi connectivity index (χ0) is 11.9. The third-order valence-electron chi connectivity index (χ3n) is 4.10. The fourth-order valence-corrected chi connectivity index (χ4v) is 2.63. The second kappa shape index (κ2) is 4.02. The molecule has 1 aliphatic heterocycles. The van der Waals surface area contributed by atoms with E-state index in [9.17, 15) is 0 Å². The van der Waals surface area contributed by atoms with Gasteiger partial charge in [-0.1, -0.05) is 12.1 Å². The van der Waals surface area contributed by atoms with E-state index in [2.05, 4.69) is 37.4 Å². The standard InChI is InChI=1S/C15H21NO/c1-15(2,13-4-5-13)16-10-11-3-6-14-12(9-11)7-8-17-14/h3,6,9,13,16H,4-5,7-8,10H2,1-2H3. The van der Waals surface area contributed by atoms with Gasteiger partial charge in [0.15, 0.2) is 0 Å². The molecule has 92 valence electrons. The van der Waals surface area contributed by atoms with E-state index in [0.29, 0.717) is 0 Å². The average molecular weight is 231 g/mol. The monoisotopic (exact) mass is 231 g/mol. The Kier molecular flexibility index (Phi) is 2.62. The molecule has 1 aromatic carbocycles. The molecule has 1 fully saturated rings. The van der Waals surface area contributed by atoms with E-state index in [1.165, 1.54) is 24.0 Å². The molecular weight excluding hydrogens is 210 g/mol. The maximum Gasteiger partial charge on any atom is 0.122 e. The Morgan fingerprint density at radius 1 is 1.35 bits per heavy atom. The van der Waals surface area contributed by atoms with E-state index < -0.39 is 0 Å². The van der Waals surface area contributed by atoms with Gasteiger partial charge in [-0.15, -0.1) is 0 Å². The highest BCUT2D eigenvalue weighted by Crippen LogP contribution is 2.39. The Hall–Kier alpha value is -1.02. The van der Waals surface area contributed by atoms with Gasteiger partial charge in [-0.3, -0.25) is 0 Å². The maximum atomic E-state index is 5.53. The molecule has 0 spiro atoms. The summed E-state index contributed by atoms with van der Waals surface area (Å²) in [6.45, 7) is 6.46. The summed E-state index contributed by atoms with van der Waals surface area (Å²) in [4.78, 5) is 0. The second-order valence-electron chi connectivity index (χ2n) is 5.89. The molecule has 0 amide bonds. The molecule has 1 N–H and O–H groups in total. The molecule has 1 aromatic rings. The lowest BCUT2D eigenvalue weighted by molar-refractivity contribution is 0.339. The SMILES string of the molecule is CC(C)(NCc1ccc2c(c1)CCO2)C1CC1. The van der Waals surface area contributed by atoms with E-state index in [-0.39, 0.29) is 5.54 Å². The average Bonchev–Trinajstić information content (AvgIpc) is 3.07. The Bertz CT molecular complexity index is 421. The fraction of sp³-hybridized carbons (Fsp3) is 0.600. The third kappa shape index (κ3) is 2.32. The Labute approximate surface area is 103 Å². The Morgan fingerprint density at radius 3 is 2.94 bits per heavy atom. The summed E-state index contributed by atoms with van der Waals surface area (Å²) in [7, 11) is 0. The molecule has 1 heterocycles. The first-order valence-electron chi connectivity index (χ1n) is 6.65. The van der Waals surface area contributed by atoms with Crippen molar-refractivity contribution in [1.29, 1.82) is 0 Å². The van der Waals surface area contributed by atoms with Gasteiger partial charge in [0.05, 0.1) is 6.61 Å². The number of benzene rings is 1. The van der Waals surface area contributed by atoms with Crippen LogP contribution in [0.2, 0.25) is 0 Å². The minimum Gasteiger partial charge on any atom is -0.493 e. The molecule has 2 aliphatic rings. The van der Waals surface area contributed by atoms with Gasteiger partial charge in [-0.05, 0) is 49.8 Å². The van der Waals surface area contributed by atoms with Gasteiger partial charge in [-0.25, -0.2) is 0 Å². The smallest absolute Gasteiger partial charge is 0.122 e. The topological polar surface area (TPSA) is 21.3 Å². The number of ether oxygens (including phenoxy) is 1. The molecule has 0 bridgehead atoms. The molecule has 2 heteroatoms. The minimum absolute atomic E-state index is 0.287. The van der Waals surface area contributed by atoms with Gasteiger partial charge in [-0.2, -0.15) is 0 Å². The normalized spacial score (nSPS) is 18.9. The van der Waals surface area contributed by atoms with Crippen LogP contribution in [-0.4, -0.2) is 12.1 Å². The zero-order valence-corrected chi connectivity index (χ0v) is 10.8. The fourth-order valence-electron chi connectivity index (χ4n) is 2.63. The summed E-state index contributed by atoms with van der Waals surface area (Å²) in [5, 5.41) is 3.69. The lowest BCUT2D eigenvalue weighted by Crippen LogP contribution is -2.40. The highest BCUT2D eigenvalue weighted by atomic mass is 16.5. The minimum atomic E-state index is 0.287. The molecule has 0 aromatic heterocycles. The molecule has 0 radical (unpaired) electrons. The maximum absolute atomic E-state index is 5.53. The van der Waals surface area contributed by atoms with Crippen LogP contribution in [0.15, 0.2) is 18.2 Å². The molecule has 17 heavy (non-hydrogen) atoms. The summed E-state index contributed by atoms with van der Waals surface area (Å²) in [6.07, 6.45) is 3.84. The van der Waals surface area contributed by atoms with Crippen molar-refractivity contribution in [3.63, 3.8) is 0 Å². The highest BCUT2D eigenvalue weighted by molar-refractivity contribution is 5.39. The van der Waals surface area contributed by atoms with Crippen molar-refractivity contribution in [1.82, 2.24) is 5.32 Å². The van der Waals surface area contributed by atoms with Crippen molar-refractivity contribution in [3.05, 3.63) is 29.3 Å². The van der Waals surface area contributed by atoms with Crippen LogP contribution in [0.3, 0.4) is 0 Å². The molecule has 3 rings (SSSR count). The first-order chi connectivity index (χ1) is 8.15. The van der Waals surface area contributed by atoms with Crippen LogP contribution in [0.4, 0.5) is 0 Å². The van der Waals surface area contributed by atoms with E-state index >= 15 is 0 Å². The van der Waals surface area contributed by atoms with E-state index in [0.717, 1.165) is 31.2 Å². The van der Waals surface area contributed by atoms with Crippen LogP contribution >= 0.6 is 0 Å². The van der Waals surface area contributed by atoms with Gasteiger partial charge in [0.2, 0.25) is 0 Å². The number of nitrogens with one attached hydrogen (secondary N) is 1. The van der Waals surface area contributed by atoms with E-state index in [4.69, 9.17) is 4.74 Å². The molecule has 0 atom stereocenters. The highest BCUT2D eigenvalue weighted by Gasteiger charge is 2.37. The van der Waals surface area contributed by atoms with E-state index in [1.54, 1.807) is 0 Å². The van der Waals surface area contributed by atoms with Crippen molar-refractivity contribution in [2.45, 2.75) is 45.2 Å². The molecular formula is C15H21NO. The van der Waals surface area contributed by atoms with Crippen molar-refractivity contribution in [2.24, 2.45) is 5.92 Å². The number of hydrogen-bond donors (Lipinski definition) is 1. The van der Waals surface area contributed by atoms with E-state index in [1.807, 2.05) is 0 Å². The van der Waals surface area contributed by atoms with Crippen molar-refractivity contribution < 1.29 is 4.74 Å². The zero-order valence-electron chi connectivity index (χ0n) is 10.8. The summed E-state index contributed by atoms with van der Waals surface area (Å²) >= 11 is 0. The molecule has 0 unspecified atom stereocenters. The third-order valence-corrected chi connectivity index (χ3v) is 4.10. The van der Waals surface area contributed by atoms with Gasteiger partial charge in [0.25, 0.3) is 0 Å². The van der Waals surface area contributed by atoms with Crippen molar-refractivity contribution in [3.8, 4) is 5.75 Å². The summed E-state index contributed by atoms with van der Waals surface area (Å²) in [6, 6.07) is 6.59. The summed E-state index contributed by atoms with van der Waals surface area (Å²) in [5.74, 6) is 1.95. The van der Waals surface area contributed by atoms with Crippen molar-refractivity contribution >= 4 is 0 Å². The van der Waals surface area contributed by atoms with Gasteiger partial charge < -0.3 is 10.1 Å². The van der Waals surface area contributed by atoms with Crippen molar-refractivity contribution in [2.75, 3.05) is 6.61 Å². The Morgan fingerprint density at radius 2 is 2.18 bits per heavy atom. The first kappa shape index (κ1) is 11.1. The van der Waals surface area contributed by atoms with Gasteiger partial charge in [0, 0.05) is 18.5 Å². The number of hydrogen-bond acceptors (Lipinski definition) is 2. The molecule has 1 saturated carbocycles. The van der Waals surface area contributed by atoms with Crippen LogP contribution in [0.25, 0.3) is 0 Å².